The van der Waals surface area contributed by atoms with Crippen LogP contribution in [0.15, 0.2) is 47.3 Å². The standard InChI is InChI=1S/C23H23ClF3N2O3PS/c1-15-5-6-17(16-7-9-18(24)10-8-16)13-19(15)20-21(30)28-11-3-4-12-29(28)22(20)32-33(2,34)31-14-23(25,26)27/h5-10,13H,3-4,11-12,14H2,1-2H3. The number of hydrogen-bond donors (Lipinski definition) is 0. The zero-order chi connectivity index (χ0) is 24.7. The molecule has 2 heterocycles. The summed E-state index contributed by atoms with van der Waals surface area (Å²) in [7, 11) is 0. The van der Waals surface area contributed by atoms with Crippen LogP contribution in [0.5, 0.6) is 5.88 Å². The first-order chi connectivity index (χ1) is 16.0. The molecule has 0 N–H and O–H groups in total. The Balaban J connectivity index is 1.83. The van der Waals surface area contributed by atoms with Crippen LogP contribution in [-0.4, -0.2) is 28.8 Å². The van der Waals surface area contributed by atoms with E-state index in [1.54, 1.807) is 21.5 Å². The Bertz CT molecular complexity index is 1320. The monoisotopic (exact) mass is 530 g/mol. The second-order valence-corrected chi connectivity index (χ2v) is 12.6. The minimum atomic E-state index is -4.53. The molecule has 4 rings (SSSR count). The highest BCUT2D eigenvalue weighted by Crippen LogP contribution is 2.48. The van der Waals surface area contributed by atoms with Crippen LogP contribution in [0.3, 0.4) is 0 Å². The molecule has 1 aliphatic heterocycles. The van der Waals surface area contributed by atoms with Gasteiger partial charge in [0.25, 0.3) is 5.56 Å². The van der Waals surface area contributed by atoms with Gasteiger partial charge in [-0.25, -0.2) is 4.68 Å². The van der Waals surface area contributed by atoms with Gasteiger partial charge >= 0.3 is 6.18 Å². The zero-order valence-electron chi connectivity index (χ0n) is 18.6. The van der Waals surface area contributed by atoms with E-state index >= 15 is 0 Å². The van der Waals surface area contributed by atoms with Crippen LogP contribution in [0.25, 0.3) is 22.3 Å². The Morgan fingerprint density at radius 1 is 1.06 bits per heavy atom. The molecule has 0 radical (unpaired) electrons. The molecule has 1 atom stereocenters. The van der Waals surface area contributed by atoms with Gasteiger partial charge in [0.1, 0.15) is 5.56 Å². The minimum Gasteiger partial charge on any atom is -0.425 e. The average molecular weight is 531 g/mol. The molecule has 0 spiro atoms. The maximum absolute atomic E-state index is 13.5. The van der Waals surface area contributed by atoms with E-state index in [9.17, 15) is 18.0 Å². The number of aromatic nitrogens is 2. The second-order valence-electron chi connectivity index (χ2n) is 8.23. The van der Waals surface area contributed by atoms with Crippen molar-refractivity contribution >= 4 is 29.9 Å². The van der Waals surface area contributed by atoms with Gasteiger partial charge in [-0.1, -0.05) is 35.9 Å². The Hall–Kier alpha value is -2.06. The van der Waals surface area contributed by atoms with E-state index in [4.69, 9.17) is 32.5 Å². The van der Waals surface area contributed by atoms with Crippen molar-refractivity contribution in [3.63, 3.8) is 0 Å². The van der Waals surface area contributed by atoms with Crippen LogP contribution in [-0.2, 0) is 29.4 Å². The second kappa shape index (κ2) is 9.53. The summed E-state index contributed by atoms with van der Waals surface area (Å²) in [5.74, 6) is 0.161. The van der Waals surface area contributed by atoms with Gasteiger partial charge in [-0.3, -0.25) is 9.48 Å². The van der Waals surface area contributed by atoms with Crippen molar-refractivity contribution in [2.45, 2.75) is 39.0 Å². The molecule has 2 aromatic carbocycles. The van der Waals surface area contributed by atoms with Gasteiger partial charge in [-0.15, -0.1) is 0 Å². The molecule has 3 aromatic rings. The van der Waals surface area contributed by atoms with Crippen molar-refractivity contribution in [2.75, 3.05) is 13.3 Å². The van der Waals surface area contributed by atoms with E-state index < -0.39 is 19.3 Å². The van der Waals surface area contributed by atoms with Gasteiger partial charge in [0.2, 0.25) is 12.4 Å². The number of rotatable bonds is 6. The van der Waals surface area contributed by atoms with Crippen LogP contribution in [0.2, 0.25) is 5.02 Å². The molecule has 1 aliphatic rings. The first-order valence-electron chi connectivity index (χ1n) is 10.6. The number of halogens is 4. The fraction of sp³-hybridized carbons (Fsp3) is 0.348. The summed E-state index contributed by atoms with van der Waals surface area (Å²) in [6.45, 7) is -0.673. The summed E-state index contributed by atoms with van der Waals surface area (Å²) in [6, 6.07) is 13.0. The molecule has 0 saturated heterocycles. The molecule has 0 fully saturated rings. The molecule has 182 valence electrons. The van der Waals surface area contributed by atoms with Gasteiger partial charge in [0.05, 0.1) is 0 Å². The molecule has 0 amide bonds. The smallest absolute Gasteiger partial charge is 0.412 e. The van der Waals surface area contributed by atoms with E-state index in [1.165, 1.54) is 6.66 Å². The quantitative estimate of drug-likeness (QED) is 0.335. The third-order valence-corrected chi connectivity index (χ3v) is 7.47. The largest absolute Gasteiger partial charge is 0.425 e. The number of benzene rings is 2. The van der Waals surface area contributed by atoms with Crippen LogP contribution in [0.4, 0.5) is 13.2 Å². The maximum Gasteiger partial charge on any atom is 0.412 e. The number of aryl methyl sites for hydroxylation is 1. The predicted molar refractivity (Wildman–Crippen MR) is 131 cm³/mol. The highest BCUT2D eigenvalue weighted by molar-refractivity contribution is 8.09. The highest BCUT2D eigenvalue weighted by atomic mass is 35.5. The average Bonchev–Trinajstić information content (AvgIpc) is 3.04. The lowest BCUT2D eigenvalue weighted by molar-refractivity contribution is -0.153. The minimum absolute atomic E-state index is 0.161. The van der Waals surface area contributed by atoms with Crippen molar-refractivity contribution in [1.29, 1.82) is 0 Å². The summed E-state index contributed by atoms with van der Waals surface area (Å²) in [5.41, 5.74) is 3.24. The first kappa shape index (κ1) is 25.0. The maximum atomic E-state index is 13.5. The van der Waals surface area contributed by atoms with E-state index in [0.717, 1.165) is 29.5 Å². The Labute approximate surface area is 205 Å². The molecule has 5 nitrogen and oxygen atoms in total. The van der Waals surface area contributed by atoms with Crippen molar-refractivity contribution in [3.8, 4) is 28.1 Å². The summed E-state index contributed by atoms with van der Waals surface area (Å²) in [4.78, 5) is 13.5. The number of hydrogen-bond acceptors (Lipinski definition) is 4. The van der Waals surface area contributed by atoms with Crippen LogP contribution in [0, 0.1) is 6.92 Å². The van der Waals surface area contributed by atoms with Gasteiger partial charge in [-0.2, -0.15) is 13.2 Å². The van der Waals surface area contributed by atoms with Gasteiger partial charge in [-0.05, 0) is 72.0 Å². The lowest BCUT2D eigenvalue weighted by atomic mass is 9.96. The van der Waals surface area contributed by atoms with Gasteiger partial charge < -0.3 is 9.05 Å². The fourth-order valence-electron chi connectivity index (χ4n) is 3.95. The van der Waals surface area contributed by atoms with Crippen LogP contribution >= 0.6 is 18.1 Å². The molecule has 1 aromatic heterocycles. The molecular weight excluding hydrogens is 508 g/mol. The number of nitrogens with zero attached hydrogens (tertiary/aromatic N) is 2. The predicted octanol–water partition coefficient (Wildman–Crippen LogP) is 6.64. The zero-order valence-corrected chi connectivity index (χ0v) is 21.0. The lowest BCUT2D eigenvalue weighted by Crippen LogP contribution is -2.27. The molecule has 11 heteroatoms. The molecule has 34 heavy (non-hydrogen) atoms. The van der Waals surface area contributed by atoms with E-state index in [1.807, 2.05) is 37.3 Å². The van der Waals surface area contributed by atoms with Crippen LogP contribution < -0.4 is 10.1 Å². The molecule has 1 unspecified atom stereocenters. The fourth-order valence-corrected chi connectivity index (χ4v) is 5.38. The van der Waals surface area contributed by atoms with E-state index in [-0.39, 0.29) is 17.0 Å². The summed E-state index contributed by atoms with van der Waals surface area (Å²) in [6.07, 6.45) is -2.91. The first-order valence-corrected chi connectivity index (χ1v) is 14.1. The van der Waals surface area contributed by atoms with E-state index in [0.29, 0.717) is 23.7 Å². The Kier molecular flexibility index (Phi) is 7.02. The summed E-state index contributed by atoms with van der Waals surface area (Å²) >= 11 is 11.3. The topological polar surface area (TPSA) is 45.4 Å². The van der Waals surface area contributed by atoms with Gasteiger partial charge in [0.15, 0.2) is 6.61 Å². The van der Waals surface area contributed by atoms with Crippen molar-refractivity contribution in [3.05, 3.63) is 63.4 Å². The number of fused-ring (bicyclic) bond motifs is 1. The SMILES string of the molecule is Cc1ccc(-c2ccc(Cl)cc2)cc1-c1c(OP(C)(=S)OCC(F)(F)F)n2n(c1=O)CCCC2. The number of alkyl halides is 3. The third-order valence-electron chi connectivity index (χ3n) is 5.58. The van der Waals surface area contributed by atoms with Crippen LogP contribution in [0.1, 0.15) is 18.4 Å². The Morgan fingerprint density at radius 2 is 1.68 bits per heavy atom. The van der Waals surface area contributed by atoms with Crippen molar-refractivity contribution in [1.82, 2.24) is 9.36 Å². The summed E-state index contributed by atoms with van der Waals surface area (Å²) < 4.78 is 52.4. The Morgan fingerprint density at radius 3 is 2.32 bits per heavy atom. The van der Waals surface area contributed by atoms with Crippen molar-refractivity contribution in [2.24, 2.45) is 0 Å². The molecule has 0 saturated carbocycles. The highest BCUT2D eigenvalue weighted by Gasteiger charge is 2.33. The molecule has 0 aliphatic carbocycles. The van der Waals surface area contributed by atoms with Gasteiger partial charge in [0, 0.05) is 24.8 Å². The lowest BCUT2D eigenvalue weighted by Gasteiger charge is -2.24. The molecular formula is C23H23ClF3N2O3PS. The van der Waals surface area contributed by atoms with Crippen molar-refractivity contribution < 1.29 is 22.2 Å². The van der Waals surface area contributed by atoms with E-state index in [2.05, 4.69) is 0 Å². The summed E-state index contributed by atoms with van der Waals surface area (Å²) in [5, 5.41) is 0.609. The third kappa shape index (κ3) is 5.43. The molecule has 0 bridgehead atoms. The normalized spacial score (nSPS) is 15.6.